The molecule has 1 aromatic rings. The maximum atomic E-state index is 5.89. The molecule has 0 spiro atoms. The summed E-state index contributed by atoms with van der Waals surface area (Å²) in [6, 6.07) is 1.58. The Morgan fingerprint density at radius 2 is 2.12 bits per heavy atom. The van der Waals surface area contributed by atoms with E-state index in [2.05, 4.69) is 15.3 Å². The molecule has 7 heteroatoms. The molecule has 1 heterocycles. The lowest BCUT2D eigenvalue weighted by atomic mass is 10.5. The summed E-state index contributed by atoms with van der Waals surface area (Å²) >= 11 is 10.6. The first-order chi connectivity index (χ1) is 7.56. The quantitative estimate of drug-likeness (QED) is 0.633. The lowest BCUT2D eigenvalue weighted by Gasteiger charge is -2.19. The van der Waals surface area contributed by atoms with Crippen molar-refractivity contribution in [3.63, 3.8) is 0 Å². The number of hydrogen-bond acceptors (Lipinski definition) is 4. The molecule has 0 aliphatic carbocycles. The van der Waals surface area contributed by atoms with Crippen LogP contribution in [0.25, 0.3) is 0 Å². The molecule has 16 heavy (non-hydrogen) atoms. The predicted molar refractivity (Wildman–Crippen MR) is 71.0 cm³/mol. The SMILES string of the molecule is CCN(CC)c1nc(Cl)cc(NC(N)=S)n1. The molecular weight excluding hydrogens is 246 g/mol. The number of nitrogens with two attached hydrogens (primary N) is 1. The van der Waals surface area contributed by atoms with E-state index in [1.54, 1.807) is 6.07 Å². The molecule has 1 rings (SSSR count). The van der Waals surface area contributed by atoms with Gasteiger partial charge in [-0.3, -0.25) is 0 Å². The monoisotopic (exact) mass is 259 g/mol. The molecule has 0 aromatic carbocycles. The highest BCUT2D eigenvalue weighted by atomic mass is 35.5. The topological polar surface area (TPSA) is 67.1 Å². The first-order valence-corrected chi connectivity index (χ1v) is 5.71. The van der Waals surface area contributed by atoms with Crippen molar-refractivity contribution in [2.45, 2.75) is 13.8 Å². The highest BCUT2D eigenvalue weighted by molar-refractivity contribution is 7.80. The van der Waals surface area contributed by atoms with Crippen LogP contribution in [0.15, 0.2) is 6.07 Å². The average molecular weight is 260 g/mol. The van der Waals surface area contributed by atoms with Gasteiger partial charge in [0, 0.05) is 19.2 Å². The van der Waals surface area contributed by atoms with Crippen molar-refractivity contribution in [3.05, 3.63) is 11.2 Å². The number of aromatic nitrogens is 2. The molecule has 0 amide bonds. The third kappa shape index (κ3) is 3.46. The Kier molecular flexibility index (Phi) is 4.70. The van der Waals surface area contributed by atoms with Crippen LogP contribution >= 0.6 is 23.8 Å². The van der Waals surface area contributed by atoms with E-state index < -0.39 is 0 Å². The van der Waals surface area contributed by atoms with Crippen molar-refractivity contribution < 1.29 is 0 Å². The standard InChI is InChI=1S/C9H14ClN5S/c1-3-15(4-2)9-12-6(10)5-7(14-9)13-8(11)16/h5H,3-4H2,1-2H3,(H3,11,12,13,14,16). The molecule has 88 valence electrons. The molecule has 0 saturated carbocycles. The van der Waals surface area contributed by atoms with Crippen LogP contribution in [0.2, 0.25) is 5.15 Å². The zero-order valence-corrected chi connectivity index (χ0v) is 10.8. The Balaban J connectivity index is 3.01. The number of thiocarbonyl (C=S) groups is 1. The number of hydrogen-bond donors (Lipinski definition) is 2. The van der Waals surface area contributed by atoms with Gasteiger partial charge in [-0.25, -0.2) is 4.98 Å². The van der Waals surface area contributed by atoms with Crippen LogP contribution in [0, 0.1) is 0 Å². The summed E-state index contributed by atoms with van der Waals surface area (Å²) in [6.45, 7) is 5.66. The highest BCUT2D eigenvalue weighted by Crippen LogP contribution is 2.16. The largest absolute Gasteiger partial charge is 0.376 e. The van der Waals surface area contributed by atoms with E-state index in [1.807, 2.05) is 18.7 Å². The molecule has 0 unspecified atom stereocenters. The van der Waals surface area contributed by atoms with Gasteiger partial charge < -0.3 is 16.0 Å². The summed E-state index contributed by atoms with van der Waals surface area (Å²) in [4.78, 5) is 10.4. The first-order valence-electron chi connectivity index (χ1n) is 4.92. The third-order valence-corrected chi connectivity index (χ3v) is 2.28. The van der Waals surface area contributed by atoms with Gasteiger partial charge in [-0.05, 0) is 26.1 Å². The number of anilines is 2. The van der Waals surface area contributed by atoms with E-state index in [1.165, 1.54) is 0 Å². The Hall–Kier alpha value is -1.14. The van der Waals surface area contributed by atoms with Crippen LogP contribution < -0.4 is 16.0 Å². The molecule has 0 saturated heterocycles. The van der Waals surface area contributed by atoms with E-state index >= 15 is 0 Å². The van der Waals surface area contributed by atoms with E-state index in [4.69, 9.17) is 29.6 Å². The molecule has 0 fully saturated rings. The lowest BCUT2D eigenvalue weighted by molar-refractivity contribution is 0.822. The fraction of sp³-hybridized carbons (Fsp3) is 0.444. The Morgan fingerprint density at radius 3 is 2.62 bits per heavy atom. The smallest absolute Gasteiger partial charge is 0.228 e. The lowest BCUT2D eigenvalue weighted by Crippen LogP contribution is -2.25. The predicted octanol–water partition coefficient (Wildman–Crippen LogP) is 1.63. The Labute approximate surface area is 105 Å². The van der Waals surface area contributed by atoms with Crippen LogP contribution in [0.4, 0.5) is 11.8 Å². The highest BCUT2D eigenvalue weighted by Gasteiger charge is 2.08. The molecule has 0 atom stereocenters. The normalized spacial score (nSPS) is 9.94. The molecule has 0 aliphatic heterocycles. The van der Waals surface area contributed by atoms with E-state index in [9.17, 15) is 0 Å². The van der Waals surface area contributed by atoms with Gasteiger partial charge in [0.15, 0.2) is 5.11 Å². The number of nitrogens with zero attached hydrogens (tertiary/aromatic N) is 3. The van der Waals surface area contributed by atoms with Crippen LogP contribution in [0.5, 0.6) is 0 Å². The van der Waals surface area contributed by atoms with Crippen LogP contribution in [0.1, 0.15) is 13.8 Å². The van der Waals surface area contributed by atoms with Crippen molar-refractivity contribution in [2.75, 3.05) is 23.3 Å². The minimum absolute atomic E-state index is 0.153. The molecule has 5 nitrogen and oxygen atoms in total. The van der Waals surface area contributed by atoms with Crippen molar-refractivity contribution in [2.24, 2.45) is 5.73 Å². The second-order valence-corrected chi connectivity index (χ2v) is 3.86. The molecule has 0 bridgehead atoms. The van der Waals surface area contributed by atoms with Gasteiger partial charge in [0.1, 0.15) is 11.0 Å². The zero-order valence-electron chi connectivity index (χ0n) is 9.20. The van der Waals surface area contributed by atoms with Crippen LogP contribution in [0.3, 0.4) is 0 Å². The fourth-order valence-electron chi connectivity index (χ4n) is 1.24. The zero-order chi connectivity index (χ0) is 12.1. The fourth-order valence-corrected chi connectivity index (χ4v) is 1.53. The van der Waals surface area contributed by atoms with Crippen molar-refractivity contribution in [1.82, 2.24) is 9.97 Å². The summed E-state index contributed by atoms with van der Waals surface area (Å²) in [5.41, 5.74) is 5.37. The van der Waals surface area contributed by atoms with Gasteiger partial charge >= 0.3 is 0 Å². The van der Waals surface area contributed by atoms with Gasteiger partial charge in [0.05, 0.1) is 0 Å². The van der Waals surface area contributed by atoms with E-state index in [0.29, 0.717) is 16.9 Å². The van der Waals surface area contributed by atoms with Gasteiger partial charge in [-0.1, -0.05) is 11.6 Å². The molecule has 1 aromatic heterocycles. The average Bonchev–Trinajstić information content (AvgIpc) is 2.17. The molecule has 0 aliphatic rings. The van der Waals surface area contributed by atoms with Crippen LogP contribution in [-0.4, -0.2) is 28.2 Å². The number of nitrogens with one attached hydrogen (secondary N) is 1. The Morgan fingerprint density at radius 1 is 1.50 bits per heavy atom. The summed E-state index contributed by atoms with van der Waals surface area (Å²) < 4.78 is 0. The minimum atomic E-state index is 0.153. The number of halogens is 1. The van der Waals surface area contributed by atoms with Gasteiger partial charge in [-0.2, -0.15) is 4.98 Å². The van der Waals surface area contributed by atoms with Crippen LogP contribution in [-0.2, 0) is 0 Å². The second kappa shape index (κ2) is 5.81. The second-order valence-electron chi connectivity index (χ2n) is 3.04. The van der Waals surface area contributed by atoms with E-state index in [-0.39, 0.29) is 5.11 Å². The number of rotatable bonds is 4. The summed E-state index contributed by atoms with van der Waals surface area (Å²) in [5, 5.41) is 3.25. The molecular formula is C9H14ClN5S. The summed E-state index contributed by atoms with van der Waals surface area (Å²) in [6.07, 6.45) is 0. The van der Waals surface area contributed by atoms with Gasteiger partial charge in [0.25, 0.3) is 0 Å². The molecule has 0 radical (unpaired) electrons. The van der Waals surface area contributed by atoms with Gasteiger partial charge in [0.2, 0.25) is 5.95 Å². The van der Waals surface area contributed by atoms with Crippen molar-refractivity contribution in [3.8, 4) is 0 Å². The Bertz CT molecular complexity index is 380. The third-order valence-electron chi connectivity index (χ3n) is 1.98. The van der Waals surface area contributed by atoms with Crippen molar-refractivity contribution in [1.29, 1.82) is 0 Å². The maximum absolute atomic E-state index is 5.89. The van der Waals surface area contributed by atoms with Gasteiger partial charge in [-0.15, -0.1) is 0 Å². The summed E-state index contributed by atoms with van der Waals surface area (Å²) in [5.74, 6) is 1.07. The minimum Gasteiger partial charge on any atom is -0.376 e. The van der Waals surface area contributed by atoms with Crippen molar-refractivity contribution >= 4 is 40.7 Å². The molecule has 3 N–H and O–H groups in total. The first kappa shape index (κ1) is 12.9. The summed E-state index contributed by atoms with van der Waals surface area (Å²) in [7, 11) is 0. The van der Waals surface area contributed by atoms with E-state index in [0.717, 1.165) is 13.1 Å². The maximum Gasteiger partial charge on any atom is 0.228 e.